The number of aromatic nitrogens is 1. The summed E-state index contributed by atoms with van der Waals surface area (Å²) in [6.07, 6.45) is 1.71. The van der Waals surface area contributed by atoms with Crippen LogP contribution in [0.3, 0.4) is 0 Å². The predicted octanol–water partition coefficient (Wildman–Crippen LogP) is 3.27. The van der Waals surface area contributed by atoms with Crippen LogP contribution in [0.5, 0.6) is 0 Å². The van der Waals surface area contributed by atoms with Crippen molar-refractivity contribution in [2.45, 2.75) is 0 Å². The Bertz CT molecular complexity index is 732. The number of nitrogens with one attached hydrogen (secondary N) is 2. The summed E-state index contributed by atoms with van der Waals surface area (Å²) in [4.78, 5) is 14.4. The number of fused-ring (bicyclic) bond motifs is 1. The summed E-state index contributed by atoms with van der Waals surface area (Å²) in [6, 6.07) is 17.4. The van der Waals surface area contributed by atoms with Gasteiger partial charge in [-0.25, -0.2) is 0 Å². The molecule has 0 amide bonds. The molecule has 3 heteroatoms. The molecule has 1 heterocycles. The summed E-state index contributed by atoms with van der Waals surface area (Å²) in [5, 5.41) is 4.92. The topological polar surface area (TPSA) is 44.9 Å². The van der Waals surface area contributed by atoms with E-state index in [0.29, 0.717) is 5.39 Å². The largest absolute Gasteiger partial charge is 0.354 e. The number of hydrogen-bond donors (Lipinski definition) is 2. The fourth-order valence-corrected chi connectivity index (χ4v) is 1.99. The van der Waals surface area contributed by atoms with E-state index in [1.54, 1.807) is 6.20 Å². The zero-order chi connectivity index (χ0) is 12.4. The minimum atomic E-state index is -0.0655. The normalized spacial score (nSPS) is 10.4. The minimum absolute atomic E-state index is 0.0655. The number of anilines is 2. The maximum absolute atomic E-state index is 11.7. The zero-order valence-electron chi connectivity index (χ0n) is 9.68. The minimum Gasteiger partial charge on any atom is -0.354 e. The molecule has 2 aromatic carbocycles. The maximum Gasteiger partial charge on any atom is 0.255 e. The molecule has 0 radical (unpaired) electrons. The molecule has 0 saturated heterocycles. The van der Waals surface area contributed by atoms with E-state index in [0.717, 1.165) is 16.8 Å². The number of para-hydroxylation sites is 1. The van der Waals surface area contributed by atoms with Crippen molar-refractivity contribution in [1.82, 2.24) is 4.98 Å². The van der Waals surface area contributed by atoms with Crippen LogP contribution in [0.1, 0.15) is 0 Å². The van der Waals surface area contributed by atoms with Crippen molar-refractivity contribution >= 4 is 22.1 Å². The SMILES string of the molecule is O=c1[nH]cc(Nc2ccccc2)c2ccccc12. The molecule has 0 unspecified atom stereocenters. The molecule has 3 aromatic rings. The average molecular weight is 236 g/mol. The van der Waals surface area contributed by atoms with E-state index in [9.17, 15) is 4.79 Å². The molecule has 0 spiro atoms. The first-order chi connectivity index (χ1) is 8.84. The van der Waals surface area contributed by atoms with E-state index in [-0.39, 0.29) is 5.56 Å². The van der Waals surface area contributed by atoms with Gasteiger partial charge in [-0.2, -0.15) is 0 Å². The average Bonchev–Trinajstić information content (AvgIpc) is 2.44. The van der Waals surface area contributed by atoms with Gasteiger partial charge in [0, 0.05) is 22.7 Å². The van der Waals surface area contributed by atoms with E-state index < -0.39 is 0 Å². The molecule has 0 bridgehead atoms. The Morgan fingerprint density at radius 3 is 2.28 bits per heavy atom. The van der Waals surface area contributed by atoms with Gasteiger partial charge in [0.1, 0.15) is 0 Å². The van der Waals surface area contributed by atoms with Crippen molar-refractivity contribution in [3.8, 4) is 0 Å². The van der Waals surface area contributed by atoms with Gasteiger partial charge in [0.25, 0.3) is 5.56 Å². The van der Waals surface area contributed by atoms with Gasteiger partial charge >= 0.3 is 0 Å². The summed E-state index contributed by atoms with van der Waals surface area (Å²) in [5.41, 5.74) is 1.83. The Balaban J connectivity index is 2.13. The molecule has 3 nitrogen and oxygen atoms in total. The van der Waals surface area contributed by atoms with Crippen LogP contribution in [-0.2, 0) is 0 Å². The number of hydrogen-bond acceptors (Lipinski definition) is 2. The molecule has 1 aromatic heterocycles. The molecule has 2 N–H and O–H groups in total. The fraction of sp³-hybridized carbons (Fsp3) is 0. The van der Waals surface area contributed by atoms with E-state index >= 15 is 0 Å². The van der Waals surface area contributed by atoms with Gasteiger partial charge in [-0.1, -0.05) is 36.4 Å². The van der Waals surface area contributed by atoms with Crippen LogP contribution in [-0.4, -0.2) is 4.98 Å². The van der Waals surface area contributed by atoms with Crippen LogP contribution in [0, 0.1) is 0 Å². The molecular weight excluding hydrogens is 224 g/mol. The van der Waals surface area contributed by atoms with Crippen LogP contribution < -0.4 is 10.9 Å². The Morgan fingerprint density at radius 2 is 1.50 bits per heavy atom. The van der Waals surface area contributed by atoms with Crippen LogP contribution in [0.25, 0.3) is 10.8 Å². The van der Waals surface area contributed by atoms with E-state index in [1.807, 2.05) is 54.6 Å². The third kappa shape index (κ3) is 1.86. The summed E-state index contributed by atoms with van der Waals surface area (Å²) >= 11 is 0. The van der Waals surface area contributed by atoms with Crippen molar-refractivity contribution < 1.29 is 0 Å². The number of rotatable bonds is 2. The van der Waals surface area contributed by atoms with Crippen molar-refractivity contribution in [3.63, 3.8) is 0 Å². The summed E-state index contributed by atoms with van der Waals surface area (Å²) in [5.74, 6) is 0. The monoisotopic (exact) mass is 236 g/mol. The first kappa shape index (κ1) is 10.6. The highest BCUT2D eigenvalue weighted by molar-refractivity contribution is 5.94. The van der Waals surface area contributed by atoms with Gasteiger partial charge in [-0.05, 0) is 18.2 Å². The second kappa shape index (κ2) is 4.37. The molecule has 88 valence electrons. The standard InChI is InChI=1S/C15H12N2O/c18-15-13-9-5-4-8-12(13)14(10-16-15)17-11-6-2-1-3-7-11/h1-10,17H,(H,16,18). The Hall–Kier alpha value is -2.55. The van der Waals surface area contributed by atoms with Crippen molar-refractivity contribution in [2.24, 2.45) is 0 Å². The third-order valence-corrected chi connectivity index (χ3v) is 2.86. The van der Waals surface area contributed by atoms with Gasteiger partial charge in [-0.3, -0.25) is 4.79 Å². The molecular formula is C15H12N2O. The second-order valence-electron chi connectivity index (χ2n) is 4.07. The highest BCUT2D eigenvalue weighted by atomic mass is 16.1. The van der Waals surface area contributed by atoms with Crippen molar-refractivity contribution in [3.05, 3.63) is 71.1 Å². The van der Waals surface area contributed by atoms with Crippen LogP contribution in [0.15, 0.2) is 65.6 Å². The number of benzene rings is 2. The van der Waals surface area contributed by atoms with E-state index in [4.69, 9.17) is 0 Å². The Kier molecular flexibility index (Phi) is 2.57. The lowest BCUT2D eigenvalue weighted by molar-refractivity contribution is 1.27. The second-order valence-corrected chi connectivity index (χ2v) is 4.07. The van der Waals surface area contributed by atoms with Crippen molar-refractivity contribution in [1.29, 1.82) is 0 Å². The van der Waals surface area contributed by atoms with Crippen molar-refractivity contribution in [2.75, 3.05) is 5.32 Å². The first-order valence-corrected chi connectivity index (χ1v) is 5.77. The van der Waals surface area contributed by atoms with Crippen LogP contribution in [0.4, 0.5) is 11.4 Å². The maximum atomic E-state index is 11.7. The number of pyridine rings is 1. The van der Waals surface area contributed by atoms with Gasteiger partial charge in [0.05, 0.1) is 5.69 Å². The zero-order valence-corrected chi connectivity index (χ0v) is 9.68. The lowest BCUT2D eigenvalue weighted by atomic mass is 10.1. The van der Waals surface area contributed by atoms with Gasteiger partial charge in [-0.15, -0.1) is 0 Å². The van der Waals surface area contributed by atoms with Crippen LogP contribution in [0.2, 0.25) is 0 Å². The quantitative estimate of drug-likeness (QED) is 0.717. The molecule has 0 aliphatic rings. The van der Waals surface area contributed by atoms with E-state index in [1.165, 1.54) is 0 Å². The van der Waals surface area contributed by atoms with Gasteiger partial charge in [0.2, 0.25) is 0 Å². The highest BCUT2D eigenvalue weighted by Gasteiger charge is 2.03. The van der Waals surface area contributed by atoms with Gasteiger partial charge in [0.15, 0.2) is 0 Å². The molecule has 0 aliphatic carbocycles. The number of H-pyrrole nitrogens is 1. The molecule has 0 saturated carbocycles. The fourth-order valence-electron chi connectivity index (χ4n) is 1.99. The molecule has 18 heavy (non-hydrogen) atoms. The van der Waals surface area contributed by atoms with Crippen LogP contribution >= 0.6 is 0 Å². The van der Waals surface area contributed by atoms with Gasteiger partial charge < -0.3 is 10.3 Å². The first-order valence-electron chi connectivity index (χ1n) is 5.77. The predicted molar refractivity (Wildman–Crippen MR) is 74.3 cm³/mol. The summed E-state index contributed by atoms with van der Waals surface area (Å²) in [7, 11) is 0. The molecule has 0 aliphatic heterocycles. The molecule has 0 atom stereocenters. The lowest BCUT2D eigenvalue weighted by Crippen LogP contribution is -2.06. The Labute approximate surface area is 104 Å². The summed E-state index contributed by atoms with van der Waals surface area (Å²) < 4.78 is 0. The molecule has 3 rings (SSSR count). The third-order valence-electron chi connectivity index (χ3n) is 2.86. The van der Waals surface area contributed by atoms with E-state index in [2.05, 4.69) is 10.3 Å². The Morgan fingerprint density at radius 1 is 0.833 bits per heavy atom. The lowest BCUT2D eigenvalue weighted by Gasteiger charge is -2.08. The smallest absolute Gasteiger partial charge is 0.255 e. The number of aromatic amines is 1. The highest BCUT2D eigenvalue weighted by Crippen LogP contribution is 2.22. The summed E-state index contributed by atoms with van der Waals surface area (Å²) in [6.45, 7) is 0. The molecule has 0 fully saturated rings.